The average Bonchev–Trinajstić information content (AvgIpc) is 3.04. The molecular weight excluding hydrogens is 345 g/mol. The van der Waals surface area contributed by atoms with Crippen LogP contribution in [0, 0.1) is 5.82 Å². The maximum absolute atomic E-state index is 12.9. The summed E-state index contributed by atoms with van der Waals surface area (Å²) in [7, 11) is 1.55. The van der Waals surface area contributed by atoms with Crippen LogP contribution in [0.2, 0.25) is 0 Å². The van der Waals surface area contributed by atoms with Crippen molar-refractivity contribution in [3.05, 3.63) is 78.1 Å². The highest BCUT2D eigenvalue weighted by Gasteiger charge is 2.13. The lowest BCUT2D eigenvalue weighted by Gasteiger charge is -2.09. The lowest BCUT2D eigenvalue weighted by Crippen LogP contribution is -2.08. The molecule has 0 aliphatic rings. The summed E-state index contributed by atoms with van der Waals surface area (Å²) in [5.41, 5.74) is 2.67. The molecule has 0 saturated carbocycles. The standard InChI is InChI=1S/C22H16FNO3/c1-26-21-12-17-16-4-2-3-5-19(16)27-20(17)13-18(21)24-22(25)11-8-14-6-9-15(23)10-7-14/h2-13H,1H3,(H,24,25). The van der Waals surface area contributed by atoms with Crippen molar-refractivity contribution in [2.75, 3.05) is 12.4 Å². The van der Waals surface area contributed by atoms with Crippen LogP contribution in [0.25, 0.3) is 28.0 Å². The second-order valence-electron chi connectivity index (χ2n) is 6.02. The number of hydrogen-bond donors (Lipinski definition) is 1. The van der Waals surface area contributed by atoms with Gasteiger partial charge in [-0.1, -0.05) is 30.3 Å². The highest BCUT2D eigenvalue weighted by Crippen LogP contribution is 2.36. The van der Waals surface area contributed by atoms with Gasteiger partial charge in [0, 0.05) is 22.9 Å². The number of halogens is 1. The van der Waals surface area contributed by atoms with E-state index in [-0.39, 0.29) is 11.7 Å². The second kappa shape index (κ2) is 6.96. The van der Waals surface area contributed by atoms with Gasteiger partial charge in [0.25, 0.3) is 0 Å². The molecule has 0 saturated heterocycles. The van der Waals surface area contributed by atoms with Crippen molar-refractivity contribution < 1.29 is 18.3 Å². The Morgan fingerprint density at radius 1 is 1.04 bits per heavy atom. The molecule has 0 bridgehead atoms. The van der Waals surface area contributed by atoms with Gasteiger partial charge in [-0.25, -0.2) is 4.39 Å². The summed E-state index contributed by atoms with van der Waals surface area (Å²) in [4.78, 5) is 12.3. The Kier molecular flexibility index (Phi) is 4.34. The Balaban J connectivity index is 1.63. The second-order valence-corrected chi connectivity index (χ2v) is 6.02. The van der Waals surface area contributed by atoms with Gasteiger partial charge in [0.1, 0.15) is 22.7 Å². The van der Waals surface area contributed by atoms with Gasteiger partial charge >= 0.3 is 0 Å². The molecular formula is C22H16FNO3. The van der Waals surface area contributed by atoms with Crippen LogP contribution in [0.3, 0.4) is 0 Å². The van der Waals surface area contributed by atoms with Gasteiger partial charge in [-0.3, -0.25) is 4.79 Å². The van der Waals surface area contributed by atoms with E-state index in [9.17, 15) is 9.18 Å². The topological polar surface area (TPSA) is 51.5 Å². The minimum Gasteiger partial charge on any atom is -0.495 e. The van der Waals surface area contributed by atoms with E-state index in [0.29, 0.717) is 17.0 Å². The monoisotopic (exact) mass is 361 g/mol. The number of rotatable bonds is 4. The first kappa shape index (κ1) is 16.8. The molecule has 0 aliphatic carbocycles. The number of methoxy groups -OCH3 is 1. The molecule has 1 heterocycles. The summed E-state index contributed by atoms with van der Waals surface area (Å²) in [5, 5.41) is 4.70. The smallest absolute Gasteiger partial charge is 0.248 e. The molecule has 0 spiro atoms. The number of amides is 1. The minimum absolute atomic E-state index is 0.319. The number of fused-ring (bicyclic) bond motifs is 3. The van der Waals surface area contributed by atoms with Crippen LogP contribution in [0.5, 0.6) is 5.75 Å². The van der Waals surface area contributed by atoms with Crippen molar-refractivity contribution in [2.45, 2.75) is 0 Å². The zero-order valence-corrected chi connectivity index (χ0v) is 14.5. The fourth-order valence-electron chi connectivity index (χ4n) is 2.94. The van der Waals surface area contributed by atoms with E-state index in [1.807, 2.05) is 30.3 Å². The molecule has 3 aromatic carbocycles. The number of nitrogens with one attached hydrogen (secondary N) is 1. The number of hydrogen-bond acceptors (Lipinski definition) is 3. The molecule has 4 aromatic rings. The van der Waals surface area contributed by atoms with Crippen LogP contribution in [0.15, 0.2) is 71.2 Å². The third-order valence-corrected chi connectivity index (χ3v) is 4.25. The van der Waals surface area contributed by atoms with Crippen LogP contribution in [-0.4, -0.2) is 13.0 Å². The number of anilines is 1. The van der Waals surface area contributed by atoms with E-state index in [0.717, 1.165) is 21.9 Å². The predicted octanol–water partition coefficient (Wildman–Crippen LogP) is 5.39. The SMILES string of the molecule is COc1cc2c(cc1NC(=O)C=Cc1ccc(F)cc1)oc1ccccc12. The van der Waals surface area contributed by atoms with Gasteiger partial charge in [0.05, 0.1) is 12.8 Å². The van der Waals surface area contributed by atoms with E-state index >= 15 is 0 Å². The van der Waals surface area contributed by atoms with Crippen LogP contribution in [-0.2, 0) is 4.79 Å². The van der Waals surface area contributed by atoms with Gasteiger partial charge in [0.2, 0.25) is 5.91 Å². The average molecular weight is 361 g/mol. The zero-order chi connectivity index (χ0) is 18.8. The van der Waals surface area contributed by atoms with Crippen molar-refractivity contribution in [3.63, 3.8) is 0 Å². The third kappa shape index (κ3) is 3.40. The first-order valence-electron chi connectivity index (χ1n) is 8.38. The van der Waals surface area contributed by atoms with E-state index in [1.54, 1.807) is 31.4 Å². The third-order valence-electron chi connectivity index (χ3n) is 4.25. The van der Waals surface area contributed by atoms with Gasteiger partial charge in [-0.2, -0.15) is 0 Å². The molecule has 0 aliphatic heterocycles. The predicted molar refractivity (Wildman–Crippen MR) is 104 cm³/mol. The van der Waals surface area contributed by atoms with Crippen LogP contribution >= 0.6 is 0 Å². The van der Waals surface area contributed by atoms with Gasteiger partial charge in [-0.05, 0) is 35.9 Å². The molecule has 134 valence electrons. The first-order valence-corrected chi connectivity index (χ1v) is 8.38. The van der Waals surface area contributed by atoms with Gasteiger partial charge < -0.3 is 14.5 Å². The van der Waals surface area contributed by atoms with Crippen LogP contribution in [0.4, 0.5) is 10.1 Å². The van der Waals surface area contributed by atoms with Crippen molar-refractivity contribution in [2.24, 2.45) is 0 Å². The molecule has 0 radical (unpaired) electrons. The molecule has 4 nitrogen and oxygen atoms in total. The Bertz CT molecular complexity index is 1160. The van der Waals surface area contributed by atoms with Crippen molar-refractivity contribution in [1.29, 1.82) is 0 Å². The summed E-state index contributed by atoms with van der Waals surface area (Å²) in [6, 6.07) is 17.2. The van der Waals surface area contributed by atoms with Crippen LogP contribution < -0.4 is 10.1 Å². The fraction of sp³-hybridized carbons (Fsp3) is 0.0455. The van der Waals surface area contributed by atoms with E-state index in [4.69, 9.17) is 9.15 Å². The molecule has 27 heavy (non-hydrogen) atoms. The van der Waals surface area contributed by atoms with Gasteiger partial charge in [-0.15, -0.1) is 0 Å². The van der Waals surface area contributed by atoms with Crippen LogP contribution in [0.1, 0.15) is 5.56 Å². The van der Waals surface area contributed by atoms with E-state index in [2.05, 4.69) is 5.32 Å². The van der Waals surface area contributed by atoms with Gasteiger partial charge in [0.15, 0.2) is 0 Å². The first-order chi connectivity index (χ1) is 13.1. The summed E-state index contributed by atoms with van der Waals surface area (Å²) in [6.07, 6.45) is 3.00. The summed E-state index contributed by atoms with van der Waals surface area (Å²) < 4.78 is 24.2. The molecule has 0 atom stereocenters. The summed E-state index contributed by atoms with van der Waals surface area (Å²) >= 11 is 0. The Hall–Kier alpha value is -3.60. The number of furan rings is 1. The maximum atomic E-state index is 12.9. The molecule has 0 unspecified atom stereocenters. The Labute approximate surface area is 154 Å². The largest absolute Gasteiger partial charge is 0.495 e. The molecule has 1 aromatic heterocycles. The normalized spacial score (nSPS) is 11.3. The Morgan fingerprint density at radius 2 is 1.81 bits per heavy atom. The summed E-state index contributed by atoms with van der Waals surface area (Å²) in [5.74, 6) is -0.105. The lowest BCUT2D eigenvalue weighted by molar-refractivity contribution is -0.111. The molecule has 0 fully saturated rings. The number of para-hydroxylation sites is 1. The van der Waals surface area contributed by atoms with Crippen molar-refractivity contribution in [3.8, 4) is 5.75 Å². The number of carbonyl (C=O) groups is 1. The fourth-order valence-corrected chi connectivity index (χ4v) is 2.94. The number of carbonyl (C=O) groups excluding carboxylic acids is 1. The highest BCUT2D eigenvalue weighted by molar-refractivity contribution is 6.09. The molecule has 5 heteroatoms. The minimum atomic E-state index is -0.326. The van der Waals surface area contributed by atoms with E-state index in [1.165, 1.54) is 18.2 Å². The van der Waals surface area contributed by atoms with Crippen molar-refractivity contribution in [1.82, 2.24) is 0 Å². The van der Waals surface area contributed by atoms with Crippen molar-refractivity contribution >= 4 is 39.6 Å². The lowest BCUT2D eigenvalue weighted by atomic mass is 10.1. The number of benzene rings is 3. The van der Waals surface area contributed by atoms with E-state index < -0.39 is 0 Å². The number of ether oxygens (including phenoxy) is 1. The highest BCUT2D eigenvalue weighted by atomic mass is 19.1. The molecule has 1 N–H and O–H groups in total. The maximum Gasteiger partial charge on any atom is 0.248 e. The quantitative estimate of drug-likeness (QED) is 0.496. The Morgan fingerprint density at radius 3 is 2.59 bits per heavy atom. The molecule has 1 amide bonds. The summed E-state index contributed by atoms with van der Waals surface area (Å²) in [6.45, 7) is 0. The zero-order valence-electron chi connectivity index (χ0n) is 14.5. The molecule has 4 rings (SSSR count).